The lowest BCUT2D eigenvalue weighted by Gasteiger charge is -2.42. The Morgan fingerprint density at radius 1 is 1.25 bits per heavy atom. The Morgan fingerprint density at radius 2 is 1.97 bits per heavy atom. The molecular formula is C21H26ClN7O2S. The number of halogens is 1. The Hall–Kier alpha value is -2.30. The average molecular weight is 476 g/mol. The van der Waals surface area contributed by atoms with Gasteiger partial charge >= 0.3 is 0 Å². The Kier molecular flexibility index (Phi) is 5.77. The van der Waals surface area contributed by atoms with Crippen LogP contribution in [-0.2, 0) is 10.8 Å². The van der Waals surface area contributed by atoms with Crippen LogP contribution in [0.5, 0.6) is 0 Å². The second-order valence-corrected chi connectivity index (χ2v) is 10.4. The van der Waals surface area contributed by atoms with Gasteiger partial charge in [-0.2, -0.15) is 4.98 Å². The Labute approximate surface area is 193 Å². The highest BCUT2D eigenvalue weighted by molar-refractivity contribution is 7.84. The Balaban J connectivity index is 1.46. The van der Waals surface area contributed by atoms with Crippen LogP contribution in [-0.4, -0.2) is 65.1 Å². The van der Waals surface area contributed by atoms with Crippen molar-refractivity contribution >= 4 is 39.8 Å². The van der Waals surface area contributed by atoms with Crippen LogP contribution in [0.4, 0.5) is 11.8 Å². The van der Waals surface area contributed by atoms with E-state index in [4.69, 9.17) is 16.6 Å². The maximum Gasteiger partial charge on any atom is 0.213 e. The monoisotopic (exact) mass is 475 g/mol. The summed E-state index contributed by atoms with van der Waals surface area (Å²) >= 11 is 5.93. The van der Waals surface area contributed by atoms with E-state index in [0.717, 1.165) is 57.0 Å². The highest BCUT2D eigenvalue weighted by atomic mass is 35.5. The zero-order chi connectivity index (χ0) is 22.3. The topological polar surface area (TPSA) is 109 Å². The summed E-state index contributed by atoms with van der Waals surface area (Å²) < 4.78 is 14.6. The van der Waals surface area contributed by atoms with Crippen LogP contribution >= 0.6 is 11.6 Å². The number of fused-ring (bicyclic) bond motifs is 1. The van der Waals surface area contributed by atoms with Gasteiger partial charge in [0.15, 0.2) is 11.5 Å². The zero-order valence-corrected chi connectivity index (χ0v) is 19.4. The molecule has 1 saturated carbocycles. The fourth-order valence-corrected chi connectivity index (χ4v) is 5.44. The predicted molar refractivity (Wildman–Crippen MR) is 124 cm³/mol. The number of rotatable bonds is 6. The molecule has 0 bridgehead atoms. The summed E-state index contributed by atoms with van der Waals surface area (Å²) in [4.78, 5) is 21.0. The van der Waals surface area contributed by atoms with Gasteiger partial charge in [-0.15, -0.1) is 0 Å². The van der Waals surface area contributed by atoms with E-state index in [-0.39, 0.29) is 12.5 Å². The number of aromatic nitrogens is 5. The molecule has 0 amide bonds. The van der Waals surface area contributed by atoms with Gasteiger partial charge in [-0.25, -0.2) is 15.0 Å². The molecule has 0 radical (unpaired) electrons. The van der Waals surface area contributed by atoms with Crippen LogP contribution in [0.15, 0.2) is 29.7 Å². The van der Waals surface area contributed by atoms with E-state index in [2.05, 4.69) is 25.2 Å². The van der Waals surface area contributed by atoms with E-state index in [1.165, 1.54) is 0 Å². The zero-order valence-electron chi connectivity index (χ0n) is 17.9. The maximum atomic E-state index is 12.6. The number of imidazole rings is 1. The molecule has 2 N–H and O–H groups in total. The summed E-state index contributed by atoms with van der Waals surface area (Å²) in [5, 5.41) is 13.9. The Morgan fingerprint density at radius 3 is 2.56 bits per heavy atom. The first-order valence-electron chi connectivity index (χ1n) is 10.8. The first kappa shape index (κ1) is 21.5. The summed E-state index contributed by atoms with van der Waals surface area (Å²) in [7, 11) is -1.29. The van der Waals surface area contributed by atoms with Gasteiger partial charge in [0.1, 0.15) is 10.7 Å². The molecular weight excluding hydrogens is 450 g/mol. The SMILES string of the molecule is CS(=O)c1c(NC2(CO)CCC2)nc(N2CCC(c3ncc(Cl)cn3)CC2)n2ccnc12. The summed E-state index contributed by atoms with van der Waals surface area (Å²) in [6.07, 6.45) is 13.1. The van der Waals surface area contributed by atoms with Gasteiger partial charge in [0.25, 0.3) is 0 Å². The van der Waals surface area contributed by atoms with Crippen LogP contribution in [0, 0.1) is 0 Å². The molecule has 3 aromatic heterocycles. The average Bonchev–Trinajstić information content (AvgIpc) is 3.25. The minimum absolute atomic E-state index is 0.0198. The van der Waals surface area contributed by atoms with Crippen LogP contribution in [0.3, 0.4) is 0 Å². The van der Waals surface area contributed by atoms with Crippen molar-refractivity contribution in [2.45, 2.75) is 48.5 Å². The molecule has 0 spiro atoms. The first-order chi connectivity index (χ1) is 15.5. The molecule has 170 valence electrons. The van der Waals surface area contributed by atoms with Gasteiger partial charge in [-0.1, -0.05) is 11.6 Å². The van der Waals surface area contributed by atoms with Crippen LogP contribution in [0.2, 0.25) is 5.02 Å². The maximum absolute atomic E-state index is 12.6. The third-order valence-electron chi connectivity index (χ3n) is 6.55. The molecule has 2 fully saturated rings. The van der Waals surface area contributed by atoms with E-state index in [0.29, 0.717) is 21.4 Å². The number of nitrogens with one attached hydrogen (secondary N) is 1. The van der Waals surface area contributed by atoms with Crippen molar-refractivity contribution in [3.05, 3.63) is 35.6 Å². The fraction of sp³-hybridized carbons (Fsp3) is 0.524. The number of hydrogen-bond donors (Lipinski definition) is 2. The van der Waals surface area contributed by atoms with Gasteiger partial charge in [-0.3, -0.25) is 8.61 Å². The summed E-state index contributed by atoms with van der Waals surface area (Å²) in [5.74, 6) is 2.41. The number of nitrogens with zero attached hydrogens (tertiary/aromatic N) is 6. The van der Waals surface area contributed by atoms with E-state index < -0.39 is 16.3 Å². The molecule has 1 atom stereocenters. The number of anilines is 2. The standard InChI is InChI=1S/C21H26ClN7O2S/c1-32(31)16-18(27-21(13-30)5-2-6-21)26-20(29-10-7-23-19(16)29)28-8-3-14(4-9-28)17-24-11-15(22)12-25-17/h7,10-12,14,27,30H,2-6,8-9,13H2,1H3. The largest absolute Gasteiger partial charge is 0.394 e. The number of aliphatic hydroxyl groups is 1. The van der Waals surface area contributed by atoms with E-state index in [1.807, 2.05) is 10.6 Å². The lowest BCUT2D eigenvalue weighted by molar-refractivity contribution is 0.143. The molecule has 9 nitrogen and oxygen atoms in total. The number of aliphatic hydroxyl groups excluding tert-OH is 1. The van der Waals surface area contributed by atoms with Crippen LogP contribution < -0.4 is 10.2 Å². The minimum atomic E-state index is -1.29. The molecule has 1 unspecified atom stereocenters. The van der Waals surface area contributed by atoms with E-state index in [9.17, 15) is 9.32 Å². The quantitative estimate of drug-likeness (QED) is 0.560. The Bertz CT molecular complexity index is 1140. The molecule has 4 heterocycles. The molecule has 1 aliphatic carbocycles. The third-order valence-corrected chi connectivity index (χ3v) is 7.70. The highest BCUT2D eigenvalue weighted by Crippen LogP contribution is 2.38. The highest BCUT2D eigenvalue weighted by Gasteiger charge is 2.38. The second kappa shape index (κ2) is 8.57. The second-order valence-electron chi connectivity index (χ2n) is 8.60. The van der Waals surface area contributed by atoms with Gasteiger partial charge < -0.3 is 15.3 Å². The number of hydrogen-bond acceptors (Lipinski definition) is 8. The lowest BCUT2D eigenvalue weighted by atomic mass is 9.77. The summed E-state index contributed by atoms with van der Waals surface area (Å²) in [6.45, 7) is 1.60. The molecule has 32 heavy (non-hydrogen) atoms. The molecule has 11 heteroatoms. The van der Waals surface area contributed by atoms with Crippen molar-refractivity contribution in [1.82, 2.24) is 24.3 Å². The molecule has 0 aromatic carbocycles. The predicted octanol–water partition coefficient (Wildman–Crippen LogP) is 2.62. The van der Waals surface area contributed by atoms with E-state index >= 15 is 0 Å². The molecule has 3 aromatic rings. The molecule has 1 saturated heterocycles. The smallest absolute Gasteiger partial charge is 0.213 e. The lowest BCUT2D eigenvalue weighted by Crippen LogP contribution is -2.49. The first-order valence-corrected chi connectivity index (χ1v) is 12.8. The van der Waals surface area contributed by atoms with Gasteiger partial charge in [-0.05, 0) is 32.1 Å². The molecule has 5 rings (SSSR count). The summed E-state index contributed by atoms with van der Waals surface area (Å²) in [6, 6.07) is 0. The minimum Gasteiger partial charge on any atom is -0.394 e. The number of piperidine rings is 1. The van der Waals surface area contributed by atoms with E-state index in [1.54, 1.807) is 24.8 Å². The molecule has 1 aliphatic heterocycles. The third kappa shape index (κ3) is 3.84. The van der Waals surface area contributed by atoms with Crippen LogP contribution in [0.1, 0.15) is 43.8 Å². The van der Waals surface area contributed by atoms with Crippen molar-refractivity contribution < 1.29 is 9.32 Å². The van der Waals surface area contributed by atoms with Crippen molar-refractivity contribution in [2.24, 2.45) is 0 Å². The molecule has 2 aliphatic rings. The van der Waals surface area contributed by atoms with Crippen LogP contribution in [0.25, 0.3) is 5.65 Å². The van der Waals surface area contributed by atoms with Crippen molar-refractivity contribution in [2.75, 3.05) is 36.2 Å². The van der Waals surface area contributed by atoms with Crippen molar-refractivity contribution in [1.29, 1.82) is 0 Å². The van der Waals surface area contributed by atoms with Gasteiger partial charge in [0.05, 0.1) is 28.0 Å². The normalized spacial score (nSPS) is 19.7. The summed E-state index contributed by atoms with van der Waals surface area (Å²) in [5.41, 5.74) is 0.233. The fourth-order valence-electron chi connectivity index (χ4n) is 4.56. The van der Waals surface area contributed by atoms with Crippen molar-refractivity contribution in [3.8, 4) is 0 Å². The van der Waals surface area contributed by atoms with Gasteiger partial charge in [0.2, 0.25) is 5.95 Å². The van der Waals surface area contributed by atoms with Gasteiger partial charge in [0, 0.05) is 50.1 Å². The van der Waals surface area contributed by atoms with Crippen molar-refractivity contribution in [3.63, 3.8) is 0 Å².